The molecule has 4 atom stereocenters. The summed E-state index contributed by atoms with van der Waals surface area (Å²) in [6.07, 6.45) is 7.63. The number of carbonyl (C=O) groups excluding carboxylic acids is 1. The van der Waals surface area contributed by atoms with E-state index < -0.39 is 0 Å². The maximum Gasteiger partial charge on any atom is 0.159 e. The monoisotopic (exact) mass is 202 g/mol. The van der Waals surface area contributed by atoms with E-state index in [0.29, 0.717) is 23.5 Å². The first-order valence-electron chi connectivity index (χ1n) is 6.08. The number of hydrogen-bond donors (Lipinski definition) is 0. The molecule has 2 bridgehead atoms. The van der Waals surface area contributed by atoms with Crippen molar-refractivity contribution in [2.75, 3.05) is 0 Å². The molecule has 0 aliphatic heterocycles. The lowest BCUT2D eigenvalue weighted by Crippen LogP contribution is -2.30. The second-order valence-corrected chi connectivity index (χ2v) is 5.48. The van der Waals surface area contributed by atoms with Crippen LogP contribution in [-0.2, 0) is 4.79 Å². The summed E-state index contributed by atoms with van der Waals surface area (Å²) in [5.74, 6) is 2.73. The molecular formula is C14H18O. The summed E-state index contributed by atoms with van der Waals surface area (Å²) in [4.78, 5) is 11.9. The van der Waals surface area contributed by atoms with E-state index >= 15 is 0 Å². The Morgan fingerprint density at radius 3 is 2.67 bits per heavy atom. The average Bonchev–Trinajstić information content (AvgIpc) is 2.73. The minimum atomic E-state index is 0.346. The van der Waals surface area contributed by atoms with Crippen LogP contribution in [0, 0.1) is 23.7 Å². The van der Waals surface area contributed by atoms with E-state index in [9.17, 15) is 4.79 Å². The van der Waals surface area contributed by atoms with Gasteiger partial charge in [0, 0.05) is 5.92 Å². The number of rotatable bonds is 0. The van der Waals surface area contributed by atoms with Crippen molar-refractivity contribution in [1.82, 2.24) is 0 Å². The van der Waals surface area contributed by atoms with E-state index in [-0.39, 0.29) is 0 Å². The third-order valence-electron chi connectivity index (χ3n) is 4.60. The normalized spacial score (nSPS) is 42.3. The van der Waals surface area contributed by atoms with Crippen LogP contribution in [-0.4, -0.2) is 5.78 Å². The first-order valence-corrected chi connectivity index (χ1v) is 6.08. The predicted octanol–water partition coefficient (Wildman–Crippen LogP) is 3.12. The van der Waals surface area contributed by atoms with Gasteiger partial charge in [0.15, 0.2) is 5.78 Å². The number of carbonyl (C=O) groups is 1. The summed E-state index contributed by atoms with van der Waals surface area (Å²) in [5.41, 5.74) is 3.12. The Bertz CT molecular complexity index is 371. The fourth-order valence-corrected chi connectivity index (χ4v) is 4.23. The smallest absolute Gasteiger partial charge is 0.159 e. The third-order valence-corrected chi connectivity index (χ3v) is 4.60. The molecule has 2 fully saturated rings. The summed E-state index contributed by atoms with van der Waals surface area (Å²) in [6, 6.07) is 0. The molecule has 0 saturated heterocycles. The van der Waals surface area contributed by atoms with E-state index in [4.69, 9.17) is 0 Å². The zero-order valence-corrected chi connectivity index (χ0v) is 9.49. The van der Waals surface area contributed by atoms with Crippen molar-refractivity contribution in [3.05, 3.63) is 23.3 Å². The van der Waals surface area contributed by atoms with Gasteiger partial charge in [0.05, 0.1) is 0 Å². The molecule has 0 aromatic rings. The van der Waals surface area contributed by atoms with Gasteiger partial charge in [-0.1, -0.05) is 17.2 Å². The van der Waals surface area contributed by atoms with E-state index in [1.54, 1.807) is 5.57 Å². The molecule has 3 aliphatic carbocycles. The molecule has 0 N–H and O–H groups in total. The quantitative estimate of drug-likeness (QED) is 0.551. The minimum Gasteiger partial charge on any atom is -0.295 e. The zero-order valence-electron chi connectivity index (χ0n) is 9.49. The standard InChI is InChI=1S/C14H18O/c1-8(2)13-10-6-7-11(13)14-9(10)4-3-5-12(14)15/h3,5,9-11,14H,4,6-7H2,1-2H3/t9-,10+,11-,14+/m1/s1. The van der Waals surface area contributed by atoms with Crippen molar-refractivity contribution in [2.24, 2.45) is 23.7 Å². The van der Waals surface area contributed by atoms with E-state index in [1.165, 1.54) is 18.4 Å². The molecule has 0 aromatic heterocycles. The van der Waals surface area contributed by atoms with Gasteiger partial charge in [0.2, 0.25) is 0 Å². The Labute approximate surface area is 91.2 Å². The van der Waals surface area contributed by atoms with Gasteiger partial charge in [0.1, 0.15) is 0 Å². The molecule has 0 radical (unpaired) electrons. The summed E-state index contributed by atoms with van der Waals surface area (Å²) in [5, 5.41) is 0. The Kier molecular flexibility index (Phi) is 1.92. The highest BCUT2D eigenvalue weighted by Gasteiger charge is 2.53. The van der Waals surface area contributed by atoms with Gasteiger partial charge in [-0.25, -0.2) is 0 Å². The third kappa shape index (κ3) is 1.12. The highest BCUT2D eigenvalue weighted by Crippen LogP contribution is 2.59. The average molecular weight is 202 g/mol. The lowest BCUT2D eigenvalue weighted by Gasteiger charge is -2.30. The van der Waals surface area contributed by atoms with Crippen molar-refractivity contribution in [3.8, 4) is 0 Å². The minimum absolute atomic E-state index is 0.346. The number of ketones is 1. The largest absolute Gasteiger partial charge is 0.295 e. The Morgan fingerprint density at radius 1 is 1.27 bits per heavy atom. The fourth-order valence-electron chi connectivity index (χ4n) is 4.23. The molecule has 0 amide bonds. The summed E-state index contributed by atoms with van der Waals surface area (Å²) >= 11 is 0. The summed E-state index contributed by atoms with van der Waals surface area (Å²) < 4.78 is 0. The van der Waals surface area contributed by atoms with Crippen LogP contribution < -0.4 is 0 Å². The van der Waals surface area contributed by atoms with Gasteiger partial charge >= 0.3 is 0 Å². The number of hydrogen-bond acceptors (Lipinski definition) is 1. The number of fused-ring (bicyclic) bond motifs is 5. The number of allylic oxidation sites excluding steroid dienone is 4. The molecule has 1 heteroatoms. The van der Waals surface area contributed by atoms with Crippen molar-refractivity contribution in [3.63, 3.8) is 0 Å². The van der Waals surface area contributed by atoms with Crippen LogP contribution in [0.3, 0.4) is 0 Å². The van der Waals surface area contributed by atoms with E-state index in [1.807, 2.05) is 6.08 Å². The first-order chi connectivity index (χ1) is 7.20. The highest BCUT2D eigenvalue weighted by molar-refractivity contribution is 5.94. The van der Waals surface area contributed by atoms with Crippen molar-refractivity contribution < 1.29 is 4.79 Å². The van der Waals surface area contributed by atoms with Crippen molar-refractivity contribution >= 4 is 5.78 Å². The zero-order chi connectivity index (χ0) is 10.6. The molecule has 2 saturated carbocycles. The summed E-state index contributed by atoms with van der Waals surface area (Å²) in [6.45, 7) is 4.44. The summed E-state index contributed by atoms with van der Waals surface area (Å²) in [7, 11) is 0. The Balaban J connectivity index is 2.06. The van der Waals surface area contributed by atoms with Gasteiger partial charge in [-0.3, -0.25) is 4.79 Å². The molecule has 3 rings (SSSR count). The topological polar surface area (TPSA) is 17.1 Å². The molecule has 15 heavy (non-hydrogen) atoms. The predicted molar refractivity (Wildman–Crippen MR) is 60.3 cm³/mol. The molecule has 0 aromatic carbocycles. The second kappa shape index (κ2) is 3.07. The molecule has 0 heterocycles. The second-order valence-electron chi connectivity index (χ2n) is 5.48. The molecule has 0 unspecified atom stereocenters. The molecule has 1 nitrogen and oxygen atoms in total. The lowest BCUT2D eigenvalue weighted by molar-refractivity contribution is -0.121. The van der Waals surface area contributed by atoms with Crippen LogP contribution in [0.5, 0.6) is 0 Å². The van der Waals surface area contributed by atoms with Gasteiger partial charge in [0.25, 0.3) is 0 Å². The lowest BCUT2D eigenvalue weighted by atomic mass is 9.73. The molecule has 0 spiro atoms. The SMILES string of the molecule is CC(C)=C1[C@H]2CC[C@H]1[C@H]1C(=O)C=CC[C@@H]12. The van der Waals surface area contributed by atoms with Gasteiger partial charge in [-0.05, 0) is 56.9 Å². The van der Waals surface area contributed by atoms with Crippen molar-refractivity contribution in [2.45, 2.75) is 33.1 Å². The molecular weight excluding hydrogens is 184 g/mol. The van der Waals surface area contributed by atoms with Crippen molar-refractivity contribution in [1.29, 1.82) is 0 Å². The first kappa shape index (κ1) is 9.38. The fraction of sp³-hybridized carbons (Fsp3) is 0.643. The van der Waals surface area contributed by atoms with E-state index in [0.717, 1.165) is 12.3 Å². The van der Waals surface area contributed by atoms with Gasteiger partial charge < -0.3 is 0 Å². The molecule has 80 valence electrons. The Hall–Kier alpha value is -0.850. The Morgan fingerprint density at radius 2 is 2.00 bits per heavy atom. The maximum atomic E-state index is 11.9. The van der Waals surface area contributed by atoms with Crippen LogP contribution in [0.1, 0.15) is 33.1 Å². The van der Waals surface area contributed by atoms with Crippen LogP contribution in [0.4, 0.5) is 0 Å². The van der Waals surface area contributed by atoms with E-state index in [2.05, 4.69) is 19.9 Å². The van der Waals surface area contributed by atoms with Gasteiger partial charge in [-0.2, -0.15) is 0 Å². The maximum absolute atomic E-state index is 11.9. The van der Waals surface area contributed by atoms with Crippen LogP contribution in [0.15, 0.2) is 23.3 Å². The highest BCUT2D eigenvalue weighted by atomic mass is 16.1. The van der Waals surface area contributed by atoms with Crippen LogP contribution in [0.2, 0.25) is 0 Å². The van der Waals surface area contributed by atoms with Crippen LogP contribution in [0.25, 0.3) is 0 Å². The molecule has 3 aliphatic rings. The van der Waals surface area contributed by atoms with Crippen LogP contribution >= 0.6 is 0 Å². The van der Waals surface area contributed by atoms with Gasteiger partial charge in [-0.15, -0.1) is 0 Å².